The molecule has 100 valence electrons. The first-order valence-electron chi connectivity index (χ1n) is 6.01. The van der Waals surface area contributed by atoms with Crippen molar-refractivity contribution in [2.24, 2.45) is 0 Å². The number of aryl methyl sites for hydroxylation is 1. The van der Waals surface area contributed by atoms with Crippen molar-refractivity contribution in [1.29, 1.82) is 0 Å². The van der Waals surface area contributed by atoms with E-state index < -0.39 is 11.9 Å². The number of rotatable bonds is 5. The van der Waals surface area contributed by atoms with Crippen molar-refractivity contribution >= 4 is 33.2 Å². The lowest BCUT2D eigenvalue weighted by Crippen LogP contribution is -2.14. The summed E-state index contributed by atoms with van der Waals surface area (Å²) in [5.41, 5.74) is 1.96. The van der Waals surface area contributed by atoms with E-state index in [1.165, 1.54) is 11.3 Å². The van der Waals surface area contributed by atoms with Crippen LogP contribution in [0.2, 0.25) is 0 Å². The highest BCUT2D eigenvalue weighted by molar-refractivity contribution is 9.10. The van der Waals surface area contributed by atoms with E-state index in [1.54, 1.807) is 0 Å². The third-order valence-corrected chi connectivity index (χ3v) is 4.42. The van der Waals surface area contributed by atoms with E-state index in [9.17, 15) is 9.90 Å². The van der Waals surface area contributed by atoms with Gasteiger partial charge in [0, 0.05) is 9.85 Å². The maximum absolute atomic E-state index is 11.4. The van der Waals surface area contributed by atoms with Crippen molar-refractivity contribution in [3.05, 3.63) is 50.4 Å². The van der Waals surface area contributed by atoms with Crippen molar-refractivity contribution in [1.82, 2.24) is 4.98 Å². The summed E-state index contributed by atoms with van der Waals surface area (Å²) in [6, 6.07) is 7.73. The maximum atomic E-state index is 11.4. The van der Waals surface area contributed by atoms with Gasteiger partial charge in [-0.2, -0.15) is 0 Å². The van der Waals surface area contributed by atoms with E-state index in [0.717, 1.165) is 22.2 Å². The molecule has 1 aromatic carbocycles. The molecule has 1 N–H and O–H groups in total. The van der Waals surface area contributed by atoms with Crippen molar-refractivity contribution in [3.63, 3.8) is 0 Å². The average Bonchev–Trinajstić information content (AvgIpc) is 2.86. The van der Waals surface area contributed by atoms with Crippen LogP contribution >= 0.6 is 27.3 Å². The maximum Gasteiger partial charge on any atom is 0.313 e. The summed E-state index contributed by atoms with van der Waals surface area (Å²) < 4.78 is 0.991. The molecule has 0 bridgehead atoms. The topological polar surface area (TPSA) is 50.2 Å². The Labute approximate surface area is 124 Å². The first kappa shape index (κ1) is 14.2. The largest absolute Gasteiger partial charge is 0.481 e. The minimum absolute atomic E-state index is 0.472. The Morgan fingerprint density at radius 1 is 1.42 bits per heavy atom. The van der Waals surface area contributed by atoms with Gasteiger partial charge in [0.2, 0.25) is 0 Å². The van der Waals surface area contributed by atoms with Gasteiger partial charge in [0.25, 0.3) is 0 Å². The first-order valence-corrected chi connectivity index (χ1v) is 7.69. The summed E-state index contributed by atoms with van der Waals surface area (Å²) in [6.45, 7) is 2.02. The van der Waals surface area contributed by atoms with Gasteiger partial charge in [-0.15, -0.1) is 11.3 Å². The summed E-state index contributed by atoms with van der Waals surface area (Å²) in [4.78, 5) is 15.8. The summed E-state index contributed by atoms with van der Waals surface area (Å²) >= 11 is 4.80. The molecule has 0 aliphatic rings. The Bertz CT molecular complexity index is 565. The van der Waals surface area contributed by atoms with Crippen LogP contribution in [0.3, 0.4) is 0 Å². The van der Waals surface area contributed by atoms with Crippen molar-refractivity contribution in [3.8, 4) is 0 Å². The van der Waals surface area contributed by atoms with Crippen LogP contribution in [0, 0.1) is 0 Å². The quantitative estimate of drug-likeness (QED) is 0.899. The van der Waals surface area contributed by atoms with E-state index in [2.05, 4.69) is 20.9 Å². The van der Waals surface area contributed by atoms with Gasteiger partial charge in [0.1, 0.15) is 10.9 Å². The lowest BCUT2D eigenvalue weighted by Gasteiger charge is -2.09. The number of carboxylic acids is 1. The monoisotopic (exact) mass is 339 g/mol. The molecule has 1 heterocycles. The SMILES string of the molecule is CCc1csc(C(Cc2ccc(Br)cc2)C(=O)O)n1. The van der Waals surface area contributed by atoms with Crippen molar-refractivity contribution in [2.45, 2.75) is 25.7 Å². The predicted molar refractivity (Wildman–Crippen MR) is 79.7 cm³/mol. The molecule has 19 heavy (non-hydrogen) atoms. The third-order valence-electron chi connectivity index (χ3n) is 2.88. The Morgan fingerprint density at radius 2 is 2.11 bits per heavy atom. The van der Waals surface area contributed by atoms with Crippen LogP contribution in [0.15, 0.2) is 34.1 Å². The summed E-state index contributed by atoms with van der Waals surface area (Å²) in [7, 11) is 0. The minimum atomic E-state index is -0.820. The predicted octanol–water partition coefficient (Wildman–Crippen LogP) is 3.88. The Morgan fingerprint density at radius 3 is 2.63 bits per heavy atom. The highest BCUT2D eigenvalue weighted by Crippen LogP contribution is 2.25. The number of aromatic nitrogens is 1. The van der Waals surface area contributed by atoms with Crippen LogP contribution in [0.4, 0.5) is 0 Å². The second kappa shape index (κ2) is 6.30. The molecular formula is C14H14BrNO2S. The molecule has 3 nitrogen and oxygen atoms in total. The molecule has 0 amide bonds. The standard InChI is InChI=1S/C14H14BrNO2S/c1-2-11-8-19-13(16-11)12(14(17)18)7-9-3-5-10(15)6-4-9/h3-6,8,12H,2,7H2,1H3,(H,17,18). The molecule has 0 spiro atoms. The number of hydrogen-bond acceptors (Lipinski definition) is 3. The number of aliphatic carboxylic acids is 1. The molecule has 1 unspecified atom stereocenters. The van der Waals surface area contributed by atoms with Gasteiger partial charge in [0.15, 0.2) is 0 Å². The minimum Gasteiger partial charge on any atom is -0.481 e. The molecule has 0 aliphatic carbocycles. The molecule has 0 fully saturated rings. The summed E-state index contributed by atoms with van der Waals surface area (Å²) in [6.07, 6.45) is 1.31. The lowest BCUT2D eigenvalue weighted by atomic mass is 10.0. The molecule has 2 rings (SSSR count). The number of halogens is 1. The van der Waals surface area contributed by atoms with Gasteiger partial charge in [-0.3, -0.25) is 4.79 Å². The first-order chi connectivity index (χ1) is 9.10. The summed E-state index contributed by atoms with van der Waals surface area (Å²) in [5.74, 6) is -1.38. The smallest absolute Gasteiger partial charge is 0.313 e. The Hall–Kier alpha value is -1.20. The van der Waals surface area contributed by atoms with Crippen LogP contribution in [0.25, 0.3) is 0 Å². The van der Waals surface area contributed by atoms with Gasteiger partial charge < -0.3 is 5.11 Å². The zero-order valence-corrected chi connectivity index (χ0v) is 12.9. The second-order valence-corrected chi connectivity index (χ2v) is 6.06. The number of thiazole rings is 1. The van der Waals surface area contributed by atoms with Crippen LogP contribution in [-0.2, 0) is 17.6 Å². The van der Waals surface area contributed by atoms with E-state index in [-0.39, 0.29) is 0 Å². The second-order valence-electron chi connectivity index (χ2n) is 4.25. The van der Waals surface area contributed by atoms with E-state index >= 15 is 0 Å². The van der Waals surface area contributed by atoms with E-state index in [1.807, 2.05) is 36.6 Å². The molecule has 0 saturated carbocycles. The number of carbonyl (C=O) groups is 1. The molecule has 1 atom stereocenters. The van der Waals surface area contributed by atoms with Gasteiger partial charge in [-0.1, -0.05) is 35.0 Å². The van der Waals surface area contributed by atoms with Crippen molar-refractivity contribution < 1.29 is 9.90 Å². The van der Waals surface area contributed by atoms with Crippen molar-refractivity contribution in [2.75, 3.05) is 0 Å². The number of benzene rings is 1. The van der Waals surface area contributed by atoms with Gasteiger partial charge in [-0.05, 0) is 30.5 Å². The molecule has 1 aromatic heterocycles. The average molecular weight is 340 g/mol. The number of hydrogen-bond donors (Lipinski definition) is 1. The highest BCUT2D eigenvalue weighted by atomic mass is 79.9. The summed E-state index contributed by atoms with van der Waals surface area (Å²) in [5, 5.41) is 12.0. The van der Waals surface area contributed by atoms with Crippen LogP contribution in [-0.4, -0.2) is 16.1 Å². The normalized spacial score (nSPS) is 12.3. The van der Waals surface area contributed by atoms with Gasteiger partial charge in [-0.25, -0.2) is 4.98 Å². The molecule has 0 saturated heterocycles. The fraction of sp³-hybridized carbons (Fsp3) is 0.286. The molecule has 5 heteroatoms. The fourth-order valence-corrected chi connectivity index (χ4v) is 3.04. The molecule has 0 aliphatic heterocycles. The Balaban J connectivity index is 2.21. The number of nitrogens with zero attached hydrogens (tertiary/aromatic N) is 1. The van der Waals surface area contributed by atoms with Crippen LogP contribution < -0.4 is 0 Å². The lowest BCUT2D eigenvalue weighted by molar-refractivity contribution is -0.138. The Kier molecular flexibility index (Phi) is 4.71. The zero-order chi connectivity index (χ0) is 13.8. The van der Waals surface area contributed by atoms with Crippen LogP contribution in [0.1, 0.15) is 29.1 Å². The molecule has 0 radical (unpaired) electrons. The number of carboxylic acid groups (broad SMARTS) is 1. The van der Waals surface area contributed by atoms with Gasteiger partial charge in [0.05, 0.1) is 5.69 Å². The highest BCUT2D eigenvalue weighted by Gasteiger charge is 2.23. The fourth-order valence-electron chi connectivity index (χ4n) is 1.78. The van der Waals surface area contributed by atoms with Gasteiger partial charge >= 0.3 is 5.97 Å². The third kappa shape index (κ3) is 3.64. The van der Waals surface area contributed by atoms with Crippen LogP contribution in [0.5, 0.6) is 0 Å². The molecular weight excluding hydrogens is 326 g/mol. The molecule has 2 aromatic rings. The van der Waals surface area contributed by atoms with E-state index in [0.29, 0.717) is 11.4 Å². The van der Waals surface area contributed by atoms with E-state index in [4.69, 9.17) is 0 Å². The zero-order valence-electron chi connectivity index (χ0n) is 10.5.